The Morgan fingerprint density at radius 2 is 1.96 bits per heavy atom. The molecule has 6 heteroatoms. The van der Waals surface area contributed by atoms with Gasteiger partial charge in [-0.05, 0) is 37.6 Å². The van der Waals surface area contributed by atoms with Crippen LogP contribution in [0.3, 0.4) is 0 Å². The summed E-state index contributed by atoms with van der Waals surface area (Å²) in [6.45, 7) is 4.19. The predicted molar refractivity (Wildman–Crippen MR) is 100 cm³/mol. The van der Waals surface area contributed by atoms with E-state index in [0.29, 0.717) is 15.7 Å². The normalized spacial score (nSPS) is 11.7. The fraction of sp³-hybridized carbons (Fsp3) is 0.278. The standard InChI is InChI=1S/C18H20Cl2N2O2/c1-3-12(2)24-14-7-4-6-13(10-14)21-11-17(23)22-16-9-5-8-15(19)18(16)20/h4-10,12,21H,3,11H2,1-2H3,(H,22,23). The maximum absolute atomic E-state index is 12.1. The van der Waals surface area contributed by atoms with Crippen LogP contribution in [0.4, 0.5) is 11.4 Å². The number of hydrogen-bond acceptors (Lipinski definition) is 3. The third kappa shape index (κ3) is 5.32. The quantitative estimate of drug-likeness (QED) is 0.705. The number of carbonyl (C=O) groups excluding carboxylic acids is 1. The number of amides is 1. The second-order valence-electron chi connectivity index (χ2n) is 5.37. The van der Waals surface area contributed by atoms with Gasteiger partial charge in [-0.25, -0.2) is 0 Å². The van der Waals surface area contributed by atoms with E-state index >= 15 is 0 Å². The summed E-state index contributed by atoms with van der Waals surface area (Å²) in [6, 6.07) is 12.6. The lowest BCUT2D eigenvalue weighted by Crippen LogP contribution is -2.22. The molecule has 2 rings (SSSR count). The fourth-order valence-corrected chi connectivity index (χ4v) is 2.32. The maximum Gasteiger partial charge on any atom is 0.243 e. The molecule has 0 aliphatic rings. The fourth-order valence-electron chi connectivity index (χ4n) is 1.97. The van der Waals surface area contributed by atoms with Crippen molar-refractivity contribution in [3.8, 4) is 5.75 Å². The van der Waals surface area contributed by atoms with Crippen LogP contribution in [-0.4, -0.2) is 18.6 Å². The Balaban J connectivity index is 1.92. The van der Waals surface area contributed by atoms with E-state index in [0.717, 1.165) is 17.9 Å². The van der Waals surface area contributed by atoms with Gasteiger partial charge < -0.3 is 15.4 Å². The molecule has 2 N–H and O–H groups in total. The minimum absolute atomic E-state index is 0.107. The van der Waals surface area contributed by atoms with Crippen molar-refractivity contribution in [2.24, 2.45) is 0 Å². The highest BCUT2D eigenvalue weighted by atomic mass is 35.5. The SMILES string of the molecule is CCC(C)Oc1cccc(NCC(=O)Nc2cccc(Cl)c2Cl)c1. The van der Waals surface area contributed by atoms with Crippen molar-refractivity contribution >= 4 is 40.5 Å². The highest BCUT2D eigenvalue weighted by Crippen LogP contribution is 2.29. The summed E-state index contributed by atoms with van der Waals surface area (Å²) < 4.78 is 5.76. The molecule has 0 radical (unpaired) electrons. The van der Waals surface area contributed by atoms with E-state index in [-0.39, 0.29) is 18.6 Å². The largest absolute Gasteiger partial charge is 0.491 e. The van der Waals surface area contributed by atoms with Gasteiger partial charge in [-0.3, -0.25) is 4.79 Å². The molecule has 0 bridgehead atoms. The van der Waals surface area contributed by atoms with Crippen molar-refractivity contribution in [1.82, 2.24) is 0 Å². The molecule has 2 aromatic carbocycles. The molecule has 0 aliphatic heterocycles. The average Bonchev–Trinajstić information content (AvgIpc) is 2.57. The summed E-state index contributed by atoms with van der Waals surface area (Å²) in [7, 11) is 0. The van der Waals surface area contributed by atoms with Crippen LogP contribution in [0.25, 0.3) is 0 Å². The van der Waals surface area contributed by atoms with Gasteiger partial charge in [-0.1, -0.05) is 42.3 Å². The van der Waals surface area contributed by atoms with Crippen LogP contribution < -0.4 is 15.4 Å². The number of nitrogens with one attached hydrogen (secondary N) is 2. The van der Waals surface area contributed by atoms with Crippen LogP contribution in [0.5, 0.6) is 5.75 Å². The Morgan fingerprint density at radius 3 is 2.71 bits per heavy atom. The lowest BCUT2D eigenvalue weighted by atomic mass is 10.2. The van der Waals surface area contributed by atoms with Gasteiger partial charge in [0, 0.05) is 11.8 Å². The van der Waals surface area contributed by atoms with Crippen molar-refractivity contribution in [2.45, 2.75) is 26.4 Å². The minimum Gasteiger partial charge on any atom is -0.491 e. The van der Waals surface area contributed by atoms with Crippen molar-refractivity contribution in [3.63, 3.8) is 0 Å². The Bertz CT molecular complexity index is 707. The molecule has 128 valence electrons. The summed E-state index contributed by atoms with van der Waals surface area (Å²) in [5, 5.41) is 6.52. The highest BCUT2D eigenvalue weighted by Gasteiger charge is 2.08. The first-order valence-electron chi connectivity index (χ1n) is 7.74. The van der Waals surface area contributed by atoms with Gasteiger partial charge in [0.1, 0.15) is 5.75 Å². The van der Waals surface area contributed by atoms with Gasteiger partial charge in [0.2, 0.25) is 5.91 Å². The number of halogens is 2. The molecule has 0 aromatic heterocycles. The number of ether oxygens (including phenoxy) is 1. The van der Waals surface area contributed by atoms with Crippen molar-refractivity contribution in [3.05, 3.63) is 52.5 Å². The molecular formula is C18H20Cl2N2O2. The number of benzene rings is 2. The summed E-state index contributed by atoms with van der Waals surface area (Å²) in [6.07, 6.45) is 1.08. The molecule has 0 aliphatic carbocycles. The lowest BCUT2D eigenvalue weighted by molar-refractivity contribution is -0.114. The van der Waals surface area contributed by atoms with Crippen LogP contribution in [0.2, 0.25) is 10.0 Å². The van der Waals surface area contributed by atoms with Crippen LogP contribution in [0.1, 0.15) is 20.3 Å². The zero-order chi connectivity index (χ0) is 17.5. The number of rotatable bonds is 7. The molecular weight excluding hydrogens is 347 g/mol. The topological polar surface area (TPSA) is 50.4 Å². The third-order valence-corrected chi connectivity index (χ3v) is 4.24. The van der Waals surface area contributed by atoms with Gasteiger partial charge in [0.15, 0.2) is 0 Å². The number of hydrogen-bond donors (Lipinski definition) is 2. The molecule has 0 spiro atoms. The Kier molecular flexibility index (Phi) is 6.76. The first-order valence-corrected chi connectivity index (χ1v) is 8.49. The molecule has 24 heavy (non-hydrogen) atoms. The number of carbonyl (C=O) groups is 1. The second-order valence-corrected chi connectivity index (χ2v) is 6.15. The van der Waals surface area contributed by atoms with Crippen LogP contribution in [0, 0.1) is 0 Å². The van der Waals surface area contributed by atoms with Crippen LogP contribution in [-0.2, 0) is 4.79 Å². The molecule has 0 saturated heterocycles. The smallest absolute Gasteiger partial charge is 0.243 e. The van der Waals surface area contributed by atoms with E-state index < -0.39 is 0 Å². The second kappa shape index (κ2) is 8.81. The van der Waals surface area contributed by atoms with E-state index in [1.165, 1.54) is 0 Å². The molecule has 0 fully saturated rings. The predicted octanol–water partition coefficient (Wildman–Crippen LogP) is 5.22. The highest BCUT2D eigenvalue weighted by molar-refractivity contribution is 6.44. The zero-order valence-electron chi connectivity index (χ0n) is 13.6. The average molecular weight is 367 g/mol. The van der Waals surface area contributed by atoms with Crippen molar-refractivity contribution in [1.29, 1.82) is 0 Å². The zero-order valence-corrected chi connectivity index (χ0v) is 15.1. The summed E-state index contributed by atoms with van der Waals surface area (Å²) in [4.78, 5) is 12.1. The van der Waals surface area contributed by atoms with Crippen LogP contribution >= 0.6 is 23.2 Å². The summed E-state index contributed by atoms with van der Waals surface area (Å²) in [5.41, 5.74) is 1.30. The van der Waals surface area contributed by atoms with E-state index in [1.54, 1.807) is 18.2 Å². The molecule has 2 aromatic rings. The Hall–Kier alpha value is -1.91. The monoisotopic (exact) mass is 366 g/mol. The molecule has 4 nitrogen and oxygen atoms in total. The molecule has 1 amide bonds. The summed E-state index contributed by atoms with van der Waals surface area (Å²) in [5.74, 6) is 0.556. The molecule has 0 heterocycles. The third-order valence-electron chi connectivity index (χ3n) is 3.42. The van der Waals surface area contributed by atoms with E-state index in [2.05, 4.69) is 17.6 Å². The Labute approximate surface area is 152 Å². The summed E-state index contributed by atoms with van der Waals surface area (Å²) >= 11 is 12.0. The van der Waals surface area contributed by atoms with Crippen LogP contribution in [0.15, 0.2) is 42.5 Å². The first-order chi connectivity index (χ1) is 11.5. The van der Waals surface area contributed by atoms with E-state index in [4.69, 9.17) is 27.9 Å². The van der Waals surface area contributed by atoms with Crippen molar-refractivity contribution in [2.75, 3.05) is 17.2 Å². The first kappa shape index (κ1) is 18.4. The van der Waals surface area contributed by atoms with E-state index in [1.807, 2.05) is 31.2 Å². The van der Waals surface area contributed by atoms with Gasteiger partial charge in [0.05, 0.1) is 28.4 Å². The van der Waals surface area contributed by atoms with E-state index in [9.17, 15) is 4.79 Å². The van der Waals surface area contributed by atoms with Gasteiger partial charge in [0.25, 0.3) is 0 Å². The van der Waals surface area contributed by atoms with Gasteiger partial charge in [-0.15, -0.1) is 0 Å². The lowest BCUT2D eigenvalue weighted by Gasteiger charge is -2.14. The number of anilines is 2. The Morgan fingerprint density at radius 1 is 1.21 bits per heavy atom. The molecule has 1 atom stereocenters. The molecule has 0 saturated carbocycles. The minimum atomic E-state index is -0.215. The maximum atomic E-state index is 12.1. The molecule has 1 unspecified atom stereocenters. The van der Waals surface area contributed by atoms with Gasteiger partial charge >= 0.3 is 0 Å². The van der Waals surface area contributed by atoms with Gasteiger partial charge in [-0.2, -0.15) is 0 Å². The van der Waals surface area contributed by atoms with Crippen molar-refractivity contribution < 1.29 is 9.53 Å².